The summed E-state index contributed by atoms with van der Waals surface area (Å²) in [6, 6.07) is 4.59. The highest BCUT2D eigenvalue weighted by Gasteiger charge is 2.51. The maximum Gasteiger partial charge on any atom is 0.308 e. The summed E-state index contributed by atoms with van der Waals surface area (Å²) >= 11 is 5.96. The van der Waals surface area contributed by atoms with Crippen LogP contribution in [0.2, 0.25) is 5.02 Å². The first-order chi connectivity index (χ1) is 35.5. The van der Waals surface area contributed by atoms with Gasteiger partial charge in [-0.1, -0.05) is 111 Å². The molecule has 21 heteroatoms. The Morgan fingerprint density at radius 1 is 0.667 bits per heavy atom. The second-order valence-electron chi connectivity index (χ2n) is 19.7. The number of hydrogen-bond donors (Lipinski definition) is 13. The number of amides is 2. The van der Waals surface area contributed by atoms with Gasteiger partial charge in [0, 0.05) is 48.1 Å². The van der Waals surface area contributed by atoms with E-state index in [9.17, 15) is 65.4 Å². The summed E-state index contributed by atoms with van der Waals surface area (Å²) in [6.45, 7) is 6.73. The monoisotopic (exact) mass is 1080 g/mol. The molecule has 0 spiro atoms. The van der Waals surface area contributed by atoms with Gasteiger partial charge < -0.3 is 75.7 Å². The SMILES string of the molecule is C[C@@H]1[C@H](O)[C@@H](C)\C=C/C=C\C=C/C=C\C=C/C=C\C=C\[C@H](O[C@@H]2O[C@H](C)[C@@H](O)[C@H](N)[C@@H]2O)C[C@@H]2O[C@](O)(C[C@@H](O)C[C@@H](O)[C@H](O)CC[C@@H](O)C[C@@H](O)CC(=O)O[C@H]1C)C[C@H](O)[C@H]2C(=O)NNC(=O)c1ccc(Cl)cc1. The van der Waals surface area contributed by atoms with E-state index in [-0.39, 0.29) is 37.2 Å². The lowest BCUT2D eigenvalue weighted by atomic mass is 9.82. The number of fused-ring (bicyclic) bond motifs is 2. The molecule has 0 unspecified atom stereocenters. The molecule has 19 atom stereocenters. The van der Waals surface area contributed by atoms with Crippen LogP contribution in [0.4, 0.5) is 0 Å². The van der Waals surface area contributed by atoms with Crippen LogP contribution in [0, 0.1) is 17.8 Å². The third kappa shape index (κ3) is 20.8. The summed E-state index contributed by atoms with van der Waals surface area (Å²) in [6.07, 6.45) is 2.84. The number of allylic oxidation sites excluding steroid dienone is 12. The number of hydrogen-bond acceptors (Lipinski definition) is 18. The molecule has 3 heterocycles. The molecule has 0 aliphatic carbocycles. The zero-order valence-corrected chi connectivity index (χ0v) is 43.5. The van der Waals surface area contributed by atoms with Crippen molar-refractivity contribution in [2.45, 2.75) is 177 Å². The van der Waals surface area contributed by atoms with Gasteiger partial charge in [0.15, 0.2) is 12.1 Å². The van der Waals surface area contributed by atoms with Gasteiger partial charge >= 0.3 is 5.97 Å². The second kappa shape index (κ2) is 31.1. The Morgan fingerprint density at radius 2 is 1.25 bits per heavy atom. The number of nitrogens with two attached hydrogens (primary N) is 1. The molecule has 3 aliphatic heterocycles. The minimum absolute atomic E-state index is 0.128. The van der Waals surface area contributed by atoms with Gasteiger partial charge in [-0.2, -0.15) is 0 Å². The minimum atomic E-state index is -2.38. The summed E-state index contributed by atoms with van der Waals surface area (Å²) < 4.78 is 23.7. The van der Waals surface area contributed by atoms with Crippen LogP contribution in [-0.4, -0.2) is 166 Å². The fourth-order valence-electron chi connectivity index (χ4n) is 8.86. The highest BCUT2D eigenvalue weighted by molar-refractivity contribution is 6.30. The molecule has 2 fully saturated rings. The van der Waals surface area contributed by atoms with Crippen molar-refractivity contribution in [3.63, 3.8) is 0 Å². The van der Waals surface area contributed by atoms with E-state index < -0.39 is 153 Å². The maximum absolute atomic E-state index is 14.0. The predicted octanol–water partition coefficient (Wildman–Crippen LogP) is 1.74. The van der Waals surface area contributed by atoms with Crippen LogP contribution in [0.15, 0.2) is 109 Å². The number of rotatable bonds is 4. The number of aliphatic hydroxyl groups excluding tert-OH is 9. The van der Waals surface area contributed by atoms with E-state index in [1.807, 2.05) is 13.0 Å². The minimum Gasteiger partial charge on any atom is -0.462 e. The fraction of sp³-hybridized carbons (Fsp3) is 0.574. The molecule has 4 rings (SSSR count). The van der Waals surface area contributed by atoms with E-state index in [0.29, 0.717) is 5.02 Å². The number of esters is 1. The van der Waals surface area contributed by atoms with E-state index in [2.05, 4.69) is 10.9 Å². The Morgan fingerprint density at radius 3 is 1.87 bits per heavy atom. The highest BCUT2D eigenvalue weighted by Crippen LogP contribution is 2.38. The molecular formula is C54H78ClN3O17. The summed E-state index contributed by atoms with van der Waals surface area (Å²) in [4.78, 5) is 39.6. The topological polar surface area (TPSA) is 341 Å². The van der Waals surface area contributed by atoms with E-state index >= 15 is 0 Å². The number of carbonyl (C=O) groups excluding carboxylic acids is 3. The molecule has 0 saturated carbocycles. The van der Waals surface area contributed by atoms with Crippen LogP contribution in [0.3, 0.4) is 0 Å². The number of hydrazine groups is 1. The molecule has 2 amide bonds. The predicted molar refractivity (Wildman–Crippen MR) is 276 cm³/mol. The summed E-state index contributed by atoms with van der Waals surface area (Å²) in [5.41, 5.74) is 10.8. The van der Waals surface area contributed by atoms with Crippen LogP contribution in [0.1, 0.15) is 89.4 Å². The molecule has 1 aromatic carbocycles. The number of halogens is 1. The summed E-state index contributed by atoms with van der Waals surface area (Å²) in [5, 5.41) is 111. The van der Waals surface area contributed by atoms with Gasteiger partial charge in [-0.25, -0.2) is 0 Å². The van der Waals surface area contributed by atoms with Gasteiger partial charge in [-0.15, -0.1) is 0 Å². The van der Waals surface area contributed by atoms with Crippen molar-refractivity contribution in [3.8, 4) is 0 Å². The van der Waals surface area contributed by atoms with Crippen molar-refractivity contribution < 1.29 is 84.4 Å². The van der Waals surface area contributed by atoms with Crippen molar-refractivity contribution in [1.82, 2.24) is 10.9 Å². The smallest absolute Gasteiger partial charge is 0.308 e. The largest absolute Gasteiger partial charge is 0.462 e. The highest BCUT2D eigenvalue weighted by atomic mass is 35.5. The fourth-order valence-corrected chi connectivity index (χ4v) is 8.99. The number of benzene rings is 1. The first kappa shape index (κ1) is 63.1. The average molecular weight is 1080 g/mol. The molecule has 75 heavy (non-hydrogen) atoms. The maximum atomic E-state index is 14.0. The van der Waals surface area contributed by atoms with E-state index in [0.717, 1.165) is 0 Å². The van der Waals surface area contributed by atoms with Crippen molar-refractivity contribution in [1.29, 1.82) is 0 Å². The van der Waals surface area contributed by atoms with Gasteiger partial charge in [0.25, 0.3) is 5.91 Å². The average Bonchev–Trinajstić information content (AvgIpc) is 3.34. The van der Waals surface area contributed by atoms with E-state index in [4.69, 9.17) is 36.3 Å². The molecule has 1 aromatic rings. The Bertz CT molecular complexity index is 2160. The summed E-state index contributed by atoms with van der Waals surface area (Å²) in [7, 11) is 0. The van der Waals surface area contributed by atoms with E-state index in [1.165, 1.54) is 37.3 Å². The van der Waals surface area contributed by atoms with Gasteiger partial charge in [0.1, 0.15) is 12.2 Å². The number of carbonyl (C=O) groups is 3. The lowest BCUT2D eigenvalue weighted by molar-refractivity contribution is -0.307. The van der Waals surface area contributed by atoms with Crippen molar-refractivity contribution in [2.24, 2.45) is 23.5 Å². The second-order valence-corrected chi connectivity index (χ2v) is 20.1. The molecule has 418 valence electrons. The Balaban J connectivity index is 1.62. The van der Waals surface area contributed by atoms with Gasteiger partial charge in [0.2, 0.25) is 5.91 Å². The number of ether oxygens (including phenoxy) is 4. The quantitative estimate of drug-likeness (QED) is 0.151. The molecule has 20 nitrogen and oxygen atoms in total. The normalized spacial score (nSPS) is 40.8. The Labute approximate surface area is 443 Å². The van der Waals surface area contributed by atoms with Crippen LogP contribution in [0.5, 0.6) is 0 Å². The van der Waals surface area contributed by atoms with Crippen molar-refractivity contribution in [3.05, 3.63) is 120 Å². The third-order valence-corrected chi connectivity index (χ3v) is 13.7. The van der Waals surface area contributed by atoms with Gasteiger partial charge in [-0.05, 0) is 57.4 Å². The van der Waals surface area contributed by atoms with Crippen LogP contribution >= 0.6 is 11.6 Å². The first-order valence-electron chi connectivity index (χ1n) is 25.3. The number of nitrogens with one attached hydrogen (secondary N) is 2. The molecule has 2 saturated heterocycles. The zero-order chi connectivity index (χ0) is 55.4. The number of cyclic esters (lactones) is 1. The van der Waals surface area contributed by atoms with Crippen molar-refractivity contribution >= 4 is 29.4 Å². The van der Waals surface area contributed by atoms with Crippen molar-refractivity contribution in [2.75, 3.05) is 0 Å². The Kier molecular flexibility index (Phi) is 26.1. The van der Waals surface area contributed by atoms with Gasteiger partial charge in [-0.3, -0.25) is 25.2 Å². The van der Waals surface area contributed by atoms with Crippen LogP contribution in [0.25, 0.3) is 0 Å². The third-order valence-electron chi connectivity index (χ3n) is 13.4. The lowest BCUT2D eigenvalue weighted by Crippen LogP contribution is -2.62. The van der Waals surface area contributed by atoms with Gasteiger partial charge in [0.05, 0.1) is 85.5 Å². The molecule has 3 aliphatic rings. The molecule has 0 radical (unpaired) electrons. The zero-order valence-electron chi connectivity index (χ0n) is 42.7. The molecule has 14 N–H and O–H groups in total. The molecular weight excluding hydrogens is 998 g/mol. The first-order valence-corrected chi connectivity index (χ1v) is 25.7. The standard InChI is InChI=1S/C54H78ClN3O17/c1-31-17-15-13-11-9-7-5-6-8-10-12-14-16-18-40(74-53-50(68)47(56)49(67)34(4)73-53)28-44-46(52(70)58-57-51(69)35-19-21-36(55)22-20-35)43(64)30-54(71,75-44)29-39(61)26-42(63)41(62)24-23-37(59)25-38(60)27-45(65)72-33(3)32(2)48(31)66/h5-22,31-34,37-44,46-50,53,59-64,66-68,71H,23-30,56H2,1-4H3,(H,57,69)(H,58,70)/b6-5-,9-7-,10-8-,13-11-,14-12-,17-15-,18-16+/t31-,32-,33-,34+,37+,38+,39-,40-,41+,42+,43-,44-,46+,47-,48+,49+,50-,53-,54+/m0/s1. The van der Waals surface area contributed by atoms with Crippen LogP contribution < -0.4 is 16.6 Å². The van der Waals surface area contributed by atoms with E-state index in [1.54, 1.807) is 86.8 Å². The Hall–Kier alpha value is -4.46. The molecule has 2 bridgehead atoms. The molecule has 0 aromatic heterocycles. The summed E-state index contributed by atoms with van der Waals surface area (Å²) in [5.74, 6) is -7.09. The number of aliphatic hydroxyl groups is 10. The lowest BCUT2D eigenvalue weighted by Gasteiger charge is -2.46. The van der Waals surface area contributed by atoms with Crippen LogP contribution in [-0.2, 0) is 28.5 Å².